The van der Waals surface area contributed by atoms with Gasteiger partial charge in [-0.15, -0.1) is 0 Å². The van der Waals surface area contributed by atoms with Crippen LogP contribution in [0.4, 0.5) is 10.5 Å². The van der Waals surface area contributed by atoms with Crippen molar-refractivity contribution in [3.05, 3.63) is 89.0 Å². The summed E-state index contributed by atoms with van der Waals surface area (Å²) in [5.74, 6) is -0.959. The number of anilines is 1. The van der Waals surface area contributed by atoms with Crippen molar-refractivity contribution >= 4 is 17.7 Å². The lowest BCUT2D eigenvalue weighted by atomic mass is 9.95. The average molecular weight is 413 g/mol. The molecule has 1 amide bonds. The minimum Gasteiger partial charge on any atom is -0.478 e. The zero-order valence-electron chi connectivity index (χ0n) is 17.2. The van der Waals surface area contributed by atoms with Crippen molar-refractivity contribution < 1.29 is 19.4 Å². The van der Waals surface area contributed by atoms with Crippen LogP contribution in [0.5, 0.6) is 0 Å². The Labute approximate surface area is 180 Å². The number of carboxylic acids is 1. The van der Waals surface area contributed by atoms with Gasteiger partial charge >= 0.3 is 12.1 Å². The molecule has 31 heavy (non-hydrogen) atoms. The molecule has 0 bridgehead atoms. The minimum absolute atomic E-state index is 0.00491. The van der Waals surface area contributed by atoms with Gasteiger partial charge in [-0.2, -0.15) is 0 Å². The maximum absolute atomic E-state index is 13.2. The Morgan fingerprint density at radius 1 is 1.00 bits per heavy atom. The third-order valence-electron chi connectivity index (χ3n) is 6.39. The summed E-state index contributed by atoms with van der Waals surface area (Å²) in [6.07, 6.45) is 1.11. The van der Waals surface area contributed by atoms with Crippen LogP contribution in [0.15, 0.2) is 66.7 Å². The van der Waals surface area contributed by atoms with Crippen LogP contribution >= 0.6 is 0 Å². The quantitative estimate of drug-likeness (QED) is 0.618. The molecule has 1 aliphatic carbocycles. The fourth-order valence-corrected chi connectivity index (χ4v) is 4.83. The molecule has 1 aliphatic heterocycles. The van der Waals surface area contributed by atoms with E-state index < -0.39 is 12.1 Å². The predicted molar refractivity (Wildman–Crippen MR) is 119 cm³/mol. The Morgan fingerprint density at radius 2 is 1.65 bits per heavy atom. The fraction of sp³-hybridized carbons (Fsp3) is 0.231. The molecule has 0 saturated carbocycles. The van der Waals surface area contributed by atoms with Crippen molar-refractivity contribution in [2.45, 2.75) is 31.7 Å². The monoisotopic (exact) mass is 413 g/mol. The molecular formula is C26H23NO4. The Kier molecular flexibility index (Phi) is 4.74. The smallest absolute Gasteiger partial charge is 0.414 e. The number of hydrogen-bond donors (Lipinski definition) is 1. The molecule has 1 unspecified atom stereocenters. The number of nitrogens with zero attached hydrogens (tertiary/aromatic N) is 1. The molecule has 0 radical (unpaired) electrons. The average Bonchev–Trinajstić information content (AvgIpc) is 3.11. The summed E-state index contributed by atoms with van der Waals surface area (Å²) in [5.41, 5.74) is 6.58. The van der Waals surface area contributed by atoms with E-state index in [1.165, 1.54) is 22.3 Å². The van der Waals surface area contributed by atoms with E-state index in [0.29, 0.717) is 0 Å². The van der Waals surface area contributed by atoms with Gasteiger partial charge in [0.15, 0.2) is 0 Å². The van der Waals surface area contributed by atoms with Gasteiger partial charge < -0.3 is 9.84 Å². The van der Waals surface area contributed by atoms with E-state index in [1.807, 2.05) is 31.2 Å². The molecule has 0 aromatic heterocycles. The van der Waals surface area contributed by atoms with Crippen molar-refractivity contribution in [2.24, 2.45) is 0 Å². The molecule has 5 heteroatoms. The topological polar surface area (TPSA) is 66.8 Å². The summed E-state index contributed by atoms with van der Waals surface area (Å²) < 4.78 is 5.85. The molecule has 1 heterocycles. The van der Waals surface area contributed by atoms with E-state index in [1.54, 1.807) is 23.1 Å². The van der Waals surface area contributed by atoms with Gasteiger partial charge in [0.05, 0.1) is 11.3 Å². The maximum atomic E-state index is 13.2. The largest absolute Gasteiger partial charge is 0.478 e. The van der Waals surface area contributed by atoms with E-state index in [0.717, 1.165) is 24.1 Å². The predicted octanol–water partition coefficient (Wildman–Crippen LogP) is 5.48. The van der Waals surface area contributed by atoms with Crippen molar-refractivity contribution in [1.29, 1.82) is 0 Å². The van der Waals surface area contributed by atoms with Crippen LogP contribution in [0, 0.1) is 0 Å². The van der Waals surface area contributed by atoms with Crippen LogP contribution in [0.1, 0.15) is 46.3 Å². The Hall–Kier alpha value is -3.60. The van der Waals surface area contributed by atoms with Crippen LogP contribution in [-0.4, -0.2) is 29.8 Å². The molecule has 0 spiro atoms. The highest BCUT2D eigenvalue weighted by molar-refractivity contribution is 5.93. The lowest BCUT2D eigenvalue weighted by molar-refractivity contribution is 0.0696. The van der Waals surface area contributed by atoms with Crippen LogP contribution in [0.3, 0.4) is 0 Å². The molecule has 3 aromatic rings. The van der Waals surface area contributed by atoms with E-state index in [9.17, 15) is 14.7 Å². The van der Waals surface area contributed by atoms with Gasteiger partial charge in [-0.05, 0) is 65.8 Å². The summed E-state index contributed by atoms with van der Waals surface area (Å²) >= 11 is 0. The van der Waals surface area contributed by atoms with E-state index in [4.69, 9.17) is 4.74 Å². The Bertz CT molecular complexity index is 1140. The number of aromatic carboxylic acids is 1. The van der Waals surface area contributed by atoms with Gasteiger partial charge in [0.25, 0.3) is 0 Å². The molecule has 5 nitrogen and oxygen atoms in total. The fourth-order valence-electron chi connectivity index (χ4n) is 4.83. The third-order valence-corrected chi connectivity index (χ3v) is 6.39. The lowest BCUT2D eigenvalue weighted by Gasteiger charge is -2.34. The molecule has 2 aliphatic rings. The SMILES string of the molecule is CC1CCc2cc(C(=O)O)ccc2N1C(=O)OCC1c2ccccc2-c2ccccc21. The maximum Gasteiger partial charge on any atom is 0.414 e. The first-order chi connectivity index (χ1) is 15.0. The van der Waals surface area contributed by atoms with Crippen LogP contribution in [0.25, 0.3) is 11.1 Å². The number of ether oxygens (including phenoxy) is 1. The van der Waals surface area contributed by atoms with Gasteiger partial charge in [0.1, 0.15) is 6.61 Å². The highest BCUT2D eigenvalue weighted by atomic mass is 16.6. The molecule has 0 saturated heterocycles. The highest BCUT2D eigenvalue weighted by Gasteiger charge is 2.33. The summed E-state index contributed by atoms with van der Waals surface area (Å²) in [4.78, 5) is 26.1. The zero-order chi connectivity index (χ0) is 21.5. The van der Waals surface area contributed by atoms with E-state index in [2.05, 4.69) is 24.3 Å². The van der Waals surface area contributed by atoms with E-state index in [-0.39, 0.29) is 24.1 Å². The van der Waals surface area contributed by atoms with Crippen molar-refractivity contribution in [3.63, 3.8) is 0 Å². The molecule has 5 rings (SSSR count). The first-order valence-corrected chi connectivity index (χ1v) is 10.5. The zero-order valence-corrected chi connectivity index (χ0v) is 17.2. The normalized spacial score (nSPS) is 16.9. The lowest BCUT2D eigenvalue weighted by Crippen LogP contribution is -2.43. The number of rotatable bonds is 3. The van der Waals surface area contributed by atoms with E-state index >= 15 is 0 Å². The second kappa shape index (κ2) is 7.58. The van der Waals surface area contributed by atoms with Gasteiger partial charge in [0, 0.05) is 12.0 Å². The van der Waals surface area contributed by atoms with Crippen molar-refractivity contribution in [2.75, 3.05) is 11.5 Å². The second-order valence-electron chi connectivity index (χ2n) is 8.21. The Morgan fingerprint density at radius 3 is 2.29 bits per heavy atom. The highest BCUT2D eigenvalue weighted by Crippen LogP contribution is 2.44. The standard InChI is InChI=1S/C26H23NO4/c1-16-10-11-17-14-18(25(28)29)12-13-24(17)27(16)26(30)31-15-23-21-8-4-2-6-19(21)20-7-3-5-9-22(20)23/h2-9,12-14,16,23H,10-11,15H2,1H3,(H,28,29). The van der Waals surface area contributed by atoms with Crippen LogP contribution in [-0.2, 0) is 11.2 Å². The first kappa shape index (κ1) is 19.4. The number of benzene rings is 3. The minimum atomic E-state index is -0.964. The molecule has 156 valence electrons. The van der Waals surface area contributed by atoms with Crippen LogP contribution < -0.4 is 4.90 Å². The van der Waals surface area contributed by atoms with Crippen LogP contribution in [0.2, 0.25) is 0 Å². The Balaban J connectivity index is 1.40. The molecule has 3 aromatic carbocycles. The molecule has 1 atom stereocenters. The summed E-state index contributed by atoms with van der Waals surface area (Å²) in [6, 6.07) is 21.4. The van der Waals surface area contributed by atoms with Gasteiger partial charge in [-0.3, -0.25) is 4.90 Å². The summed E-state index contributed by atoms with van der Waals surface area (Å²) in [7, 11) is 0. The van der Waals surface area contributed by atoms with Crippen molar-refractivity contribution in [1.82, 2.24) is 0 Å². The number of carboxylic acid groups (broad SMARTS) is 1. The van der Waals surface area contributed by atoms with Crippen molar-refractivity contribution in [3.8, 4) is 11.1 Å². The molecular weight excluding hydrogens is 390 g/mol. The number of hydrogen-bond acceptors (Lipinski definition) is 3. The second-order valence-corrected chi connectivity index (χ2v) is 8.21. The molecule has 1 N–H and O–H groups in total. The number of fused-ring (bicyclic) bond motifs is 4. The summed E-state index contributed by atoms with van der Waals surface area (Å²) in [5, 5.41) is 9.27. The third kappa shape index (κ3) is 3.26. The van der Waals surface area contributed by atoms with Gasteiger partial charge in [-0.25, -0.2) is 9.59 Å². The number of aryl methyl sites for hydroxylation is 1. The first-order valence-electron chi connectivity index (χ1n) is 10.5. The summed E-state index contributed by atoms with van der Waals surface area (Å²) in [6.45, 7) is 2.26. The number of amides is 1. The van der Waals surface area contributed by atoms with Gasteiger partial charge in [-0.1, -0.05) is 48.5 Å². The molecule has 0 fully saturated rings. The number of carbonyl (C=O) groups excluding carboxylic acids is 1. The number of carbonyl (C=O) groups is 2. The van der Waals surface area contributed by atoms with Gasteiger partial charge in [0.2, 0.25) is 0 Å².